The number of nitrogens with one attached hydrogen (secondary N) is 2. The molecule has 3 amide bonds. The molecule has 2 unspecified atom stereocenters. The van der Waals surface area contributed by atoms with Gasteiger partial charge in [0.25, 0.3) is 0 Å². The van der Waals surface area contributed by atoms with Crippen molar-refractivity contribution in [1.82, 2.24) is 10.2 Å². The van der Waals surface area contributed by atoms with Crippen LogP contribution < -0.4 is 10.6 Å². The smallest absolute Gasteiger partial charge is 0.337 e. The number of nitrogens with zero attached hydrogens (tertiary/aromatic N) is 1. The molecule has 8 heteroatoms. The molecule has 41 heavy (non-hydrogen) atoms. The van der Waals surface area contributed by atoms with Crippen LogP contribution in [0.15, 0.2) is 102 Å². The van der Waals surface area contributed by atoms with Crippen LogP contribution in [0.25, 0.3) is 0 Å². The molecule has 2 N–H and O–H groups in total. The number of urea groups is 1. The molecule has 0 saturated carbocycles. The van der Waals surface area contributed by atoms with E-state index in [2.05, 4.69) is 34.9 Å². The number of anilines is 1. The third-order valence-electron chi connectivity index (χ3n) is 7.45. The van der Waals surface area contributed by atoms with Crippen LogP contribution in [0.5, 0.6) is 0 Å². The lowest BCUT2D eigenvalue weighted by Gasteiger charge is -2.41. The second-order valence-electron chi connectivity index (χ2n) is 10.1. The van der Waals surface area contributed by atoms with E-state index in [0.717, 1.165) is 24.8 Å². The number of carbonyl (C=O) groups is 3. The maximum Gasteiger partial charge on any atom is 0.337 e. The zero-order valence-corrected chi connectivity index (χ0v) is 22.9. The zero-order valence-electron chi connectivity index (χ0n) is 22.9. The number of fused-ring (bicyclic) bond motifs is 1. The molecule has 210 valence electrons. The number of ether oxygens (including phenoxy) is 1. The van der Waals surface area contributed by atoms with E-state index in [1.807, 2.05) is 47.4 Å². The van der Waals surface area contributed by atoms with Gasteiger partial charge < -0.3 is 24.7 Å². The molecule has 0 radical (unpaired) electrons. The van der Waals surface area contributed by atoms with Crippen LogP contribution in [0.2, 0.25) is 0 Å². The highest BCUT2D eigenvalue weighted by Crippen LogP contribution is 2.41. The van der Waals surface area contributed by atoms with Gasteiger partial charge in [-0.2, -0.15) is 0 Å². The van der Waals surface area contributed by atoms with Crippen molar-refractivity contribution in [2.75, 3.05) is 19.0 Å². The van der Waals surface area contributed by atoms with E-state index in [1.54, 1.807) is 24.5 Å². The van der Waals surface area contributed by atoms with Gasteiger partial charge in [-0.3, -0.25) is 4.79 Å². The van der Waals surface area contributed by atoms with Crippen LogP contribution in [0.4, 0.5) is 10.5 Å². The highest BCUT2D eigenvalue weighted by atomic mass is 16.5. The van der Waals surface area contributed by atoms with E-state index in [0.29, 0.717) is 17.0 Å². The molecule has 1 aromatic heterocycles. The Morgan fingerprint density at radius 1 is 0.951 bits per heavy atom. The first-order valence-electron chi connectivity index (χ1n) is 13.7. The Bertz CT molecular complexity index is 1490. The third-order valence-corrected chi connectivity index (χ3v) is 7.45. The summed E-state index contributed by atoms with van der Waals surface area (Å²) in [6.45, 7) is 0.0700. The van der Waals surface area contributed by atoms with Gasteiger partial charge in [-0.15, -0.1) is 0 Å². The second kappa shape index (κ2) is 13.0. The van der Waals surface area contributed by atoms with Crippen LogP contribution in [0.1, 0.15) is 45.3 Å². The van der Waals surface area contributed by atoms with E-state index in [1.165, 1.54) is 24.3 Å². The summed E-state index contributed by atoms with van der Waals surface area (Å²) in [5.41, 5.74) is 4.30. The summed E-state index contributed by atoms with van der Waals surface area (Å²) < 4.78 is 10.4. The fourth-order valence-electron chi connectivity index (χ4n) is 5.54. The number of esters is 1. The molecule has 3 aromatic carbocycles. The number of rotatable bonds is 9. The summed E-state index contributed by atoms with van der Waals surface area (Å²) in [5.74, 6) is 0.125. The number of methoxy groups -OCH3 is 1. The molecular formula is C33H33N3O5. The maximum absolute atomic E-state index is 13.9. The van der Waals surface area contributed by atoms with Crippen molar-refractivity contribution in [3.63, 3.8) is 0 Å². The van der Waals surface area contributed by atoms with Gasteiger partial charge in [0, 0.05) is 5.69 Å². The van der Waals surface area contributed by atoms with Crippen LogP contribution in [-0.4, -0.2) is 36.5 Å². The van der Waals surface area contributed by atoms with Crippen molar-refractivity contribution in [1.29, 1.82) is 0 Å². The molecule has 1 heterocycles. The van der Waals surface area contributed by atoms with Crippen LogP contribution in [0.3, 0.4) is 0 Å². The minimum Gasteiger partial charge on any atom is -0.467 e. The average molecular weight is 552 g/mol. The molecule has 0 bridgehead atoms. The highest BCUT2D eigenvalue weighted by Gasteiger charge is 2.36. The lowest BCUT2D eigenvalue weighted by Crippen LogP contribution is -2.46. The van der Waals surface area contributed by atoms with Crippen LogP contribution in [-0.2, 0) is 28.9 Å². The number of furan rings is 1. The normalized spacial score (nSPS) is 15.8. The highest BCUT2D eigenvalue weighted by molar-refractivity contribution is 5.95. The fourth-order valence-corrected chi connectivity index (χ4v) is 5.54. The molecule has 0 aliphatic heterocycles. The average Bonchev–Trinajstić information content (AvgIpc) is 3.52. The second-order valence-corrected chi connectivity index (χ2v) is 10.1. The van der Waals surface area contributed by atoms with Gasteiger partial charge in [0.2, 0.25) is 5.91 Å². The van der Waals surface area contributed by atoms with Crippen molar-refractivity contribution in [3.8, 4) is 0 Å². The van der Waals surface area contributed by atoms with E-state index in [-0.39, 0.29) is 31.0 Å². The molecule has 4 aromatic rings. The Balaban J connectivity index is 1.37. The Morgan fingerprint density at radius 3 is 2.54 bits per heavy atom. The molecule has 1 aliphatic rings. The molecule has 2 atom stereocenters. The van der Waals surface area contributed by atoms with Crippen molar-refractivity contribution >= 4 is 23.6 Å². The summed E-state index contributed by atoms with van der Waals surface area (Å²) >= 11 is 0. The number of hydrogen-bond donors (Lipinski definition) is 2. The van der Waals surface area contributed by atoms with Gasteiger partial charge >= 0.3 is 12.0 Å². The summed E-state index contributed by atoms with van der Waals surface area (Å²) in [5, 5.41) is 5.38. The van der Waals surface area contributed by atoms with Gasteiger partial charge in [-0.25, -0.2) is 9.59 Å². The Kier molecular flexibility index (Phi) is 8.79. The Morgan fingerprint density at radius 2 is 1.76 bits per heavy atom. The van der Waals surface area contributed by atoms with Crippen molar-refractivity contribution in [2.24, 2.45) is 5.92 Å². The lowest BCUT2D eigenvalue weighted by molar-refractivity contribution is -0.135. The van der Waals surface area contributed by atoms with Crippen molar-refractivity contribution in [3.05, 3.63) is 125 Å². The predicted molar refractivity (Wildman–Crippen MR) is 155 cm³/mol. The predicted octanol–water partition coefficient (Wildman–Crippen LogP) is 5.76. The molecule has 0 fully saturated rings. The van der Waals surface area contributed by atoms with E-state index < -0.39 is 12.0 Å². The molecule has 8 nitrogen and oxygen atoms in total. The maximum atomic E-state index is 13.9. The van der Waals surface area contributed by atoms with E-state index in [9.17, 15) is 14.4 Å². The SMILES string of the molecule is COC(=O)c1cccc(NC(=O)NCC(=O)N(Cc2ccco2)C2c3ccccc3CCC2Cc2ccccc2)c1. The Hall–Kier alpha value is -4.85. The largest absolute Gasteiger partial charge is 0.467 e. The molecule has 1 aliphatic carbocycles. The topological polar surface area (TPSA) is 101 Å². The number of amides is 3. The number of carbonyl (C=O) groups excluding carboxylic acids is 3. The monoisotopic (exact) mass is 551 g/mol. The summed E-state index contributed by atoms with van der Waals surface area (Å²) in [6, 6.07) is 27.9. The van der Waals surface area contributed by atoms with Crippen molar-refractivity contribution < 1.29 is 23.5 Å². The summed E-state index contributed by atoms with van der Waals surface area (Å²) in [4.78, 5) is 40.3. The molecule has 0 saturated heterocycles. The van der Waals surface area contributed by atoms with Crippen LogP contribution >= 0.6 is 0 Å². The van der Waals surface area contributed by atoms with Gasteiger partial charge in [0.15, 0.2) is 0 Å². The van der Waals surface area contributed by atoms with Crippen LogP contribution in [0, 0.1) is 5.92 Å². The quantitative estimate of drug-likeness (QED) is 0.258. The standard InChI is InChI=1S/C33H33N3O5/c1-40-32(38)26-12-7-13-27(20-26)35-33(39)34-21-30(37)36(22-28-14-8-18-41-28)31-25(19-23-9-3-2-4-10-23)17-16-24-11-5-6-15-29(24)31/h2-15,18,20,25,31H,16-17,19,21-22H2,1H3,(H2,34,35,39). The number of hydrogen-bond acceptors (Lipinski definition) is 5. The fraction of sp³-hybridized carbons (Fsp3) is 0.242. The molecule has 0 spiro atoms. The minimum absolute atomic E-state index is 0.182. The Labute approximate surface area is 239 Å². The number of aryl methyl sites for hydroxylation is 1. The first-order chi connectivity index (χ1) is 20.0. The van der Waals surface area contributed by atoms with Gasteiger partial charge in [0.05, 0.1) is 38.1 Å². The lowest BCUT2D eigenvalue weighted by atomic mass is 9.76. The van der Waals surface area contributed by atoms with Gasteiger partial charge in [-0.1, -0.05) is 60.7 Å². The van der Waals surface area contributed by atoms with Gasteiger partial charge in [0.1, 0.15) is 5.76 Å². The number of benzene rings is 3. The van der Waals surface area contributed by atoms with Crippen molar-refractivity contribution in [2.45, 2.75) is 31.8 Å². The summed E-state index contributed by atoms with van der Waals surface area (Å²) in [6.07, 6.45) is 4.30. The van der Waals surface area contributed by atoms with E-state index >= 15 is 0 Å². The molecule has 5 rings (SSSR count). The first-order valence-corrected chi connectivity index (χ1v) is 13.7. The van der Waals surface area contributed by atoms with E-state index in [4.69, 9.17) is 9.15 Å². The zero-order chi connectivity index (χ0) is 28.6. The van der Waals surface area contributed by atoms with Gasteiger partial charge in [-0.05, 0) is 72.2 Å². The third kappa shape index (κ3) is 6.84. The minimum atomic E-state index is -0.553. The molecular weight excluding hydrogens is 518 g/mol. The first kappa shape index (κ1) is 27.7. The summed E-state index contributed by atoms with van der Waals surface area (Å²) in [7, 11) is 1.30.